The highest BCUT2D eigenvalue weighted by molar-refractivity contribution is 7.99. The van der Waals surface area contributed by atoms with Gasteiger partial charge < -0.3 is 4.74 Å². The van der Waals surface area contributed by atoms with Crippen molar-refractivity contribution < 1.29 is 4.74 Å². The van der Waals surface area contributed by atoms with Crippen LogP contribution in [0.2, 0.25) is 0 Å². The lowest BCUT2D eigenvalue weighted by molar-refractivity contribution is 0.309. The van der Waals surface area contributed by atoms with Crippen LogP contribution in [0.25, 0.3) is 11.1 Å². The summed E-state index contributed by atoms with van der Waals surface area (Å²) in [5.41, 5.74) is 3.90. The first-order valence-corrected chi connectivity index (χ1v) is 15.4. The van der Waals surface area contributed by atoms with Crippen LogP contribution < -0.4 is 4.74 Å². The number of ether oxygens (including phenoxy) is 1. The zero-order valence-corrected chi connectivity index (χ0v) is 23.3. The maximum Gasteiger partial charge on any atom is 0.119 e. The molecule has 0 radical (unpaired) electrons. The first kappa shape index (κ1) is 27.7. The van der Waals surface area contributed by atoms with Crippen LogP contribution in [-0.4, -0.2) is 12.4 Å². The number of hydrogen-bond acceptors (Lipinski definition) is 3. The molecule has 0 aliphatic carbocycles. The Kier molecular flexibility index (Phi) is 13.3. The highest BCUT2D eigenvalue weighted by Gasteiger charge is 2.02. The van der Waals surface area contributed by atoms with Crippen LogP contribution in [0.5, 0.6) is 5.75 Å². The van der Waals surface area contributed by atoms with Gasteiger partial charge in [0.15, 0.2) is 0 Å². The summed E-state index contributed by atoms with van der Waals surface area (Å²) in [5.74, 6) is 3.17. The first-order chi connectivity index (χ1) is 17.3. The van der Waals surface area contributed by atoms with Crippen molar-refractivity contribution in [1.29, 1.82) is 0 Å². The Morgan fingerprint density at radius 3 is 1.69 bits per heavy atom. The van der Waals surface area contributed by atoms with Gasteiger partial charge in [0.05, 0.1) is 6.61 Å². The van der Waals surface area contributed by atoms with Gasteiger partial charge in [-0.2, -0.15) is 0 Å². The number of benzene rings is 3. The topological polar surface area (TPSA) is 9.23 Å². The molecule has 0 heterocycles. The summed E-state index contributed by atoms with van der Waals surface area (Å²) in [6.07, 6.45) is 11.9. The zero-order valence-electron chi connectivity index (χ0n) is 21.6. The lowest BCUT2D eigenvalue weighted by atomic mass is 10.1. The van der Waals surface area contributed by atoms with Gasteiger partial charge in [0.25, 0.3) is 0 Å². The molecule has 0 aromatic heterocycles. The lowest BCUT2D eigenvalue weighted by Gasteiger charge is -2.08. The third-order valence-corrected chi connectivity index (χ3v) is 8.34. The summed E-state index contributed by atoms with van der Waals surface area (Å²) in [7, 11) is 0. The van der Waals surface area contributed by atoms with E-state index in [4.69, 9.17) is 4.74 Å². The summed E-state index contributed by atoms with van der Waals surface area (Å²) in [6, 6.07) is 26.6. The molecule has 0 unspecified atom stereocenters. The van der Waals surface area contributed by atoms with Crippen molar-refractivity contribution in [3.63, 3.8) is 0 Å². The minimum absolute atomic E-state index is 0.803. The van der Waals surface area contributed by atoms with E-state index < -0.39 is 0 Å². The van der Waals surface area contributed by atoms with Crippen molar-refractivity contribution in [2.75, 3.05) is 12.4 Å². The lowest BCUT2D eigenvalue weighted by Crippen LogP contribution is -1.96. The third kappa shape index (κ3) is 10.8. The van der Waals surface area contributed by atoms with E-state index in [0.717, 1.165) is 31.0 Å². The van der Waals surface area contributed by atoms with Gasteiger partial charge in [-0.1, -0.05) is 95.2 Å². The smallest absolute Gasteiger partial charge is 0.119 e. The molecule has 188 valence electrons. The molecule has 3 aromatic rings. The maximum atomic E-state index is 5.76. The van der Waals surface area contributed by atoms with Gasteiger partial charge in [0, 0.05) is 15.5 Å². The van der Waals surface area contributed by atoms with Crippen LogP contribution in [0, 0.1) is 0 Å². The van der Waals surface area contributed by atoms with Gasteiger partial charge in [-0.25, -0.2) is 0 Å². The van der Waals surface area contributed by atoms with Gasteiger partial charge in [-0.05, 0) is 71.7 Å². The van der Waals surface area contributed by atoms with Gasteiger partial charge in [-0.3, -0.25) is 0 Å². The fourth-order valence-electron chi connectivity index (χ4n) is 3.92. The minimum Gasteiger partial charge on any atom is -0.494 e. The number of rotatable bonds is 17. The second kappa shape index (κ2) is 16.8. The van der Waals surface area contributed by atoms with E-state index >= 15 is 0 Å². The van der Waals surface area contributed by atoms with Gasteiger partial charge in [0.1, 0.15) is 5.75 Å². The van der Waals surface area contributed by atoms with Gasteiger partial charge in [0.2, 0.25) is 0 Å². The number of hydrogen-bond donors (Lipinski definition) is 0. The summed E-state index contributed by atoms with van der Waals surface area (Å²) in [4.78, 5) is 2.69. The van der Waals surface area contributed by atoms with Crippen molar-refractivity contribution in [3.8, 4) is 16.9 Å². The van der Waals surface area contributed by atoms with E-state index in [0.29, 0.717) is 0 Å². The Labute approximate surface area is 222 Å². The summed E-state index contributed by atoms with van der Waals surface area (Å²) in [6.45, 7) is 5.27. The van der Waals surface area contributed by atoms with Crippen LogP contribution in [-0.2, 0) is 5.75 Å². The fourth-order valence-corrected chi connectivity index (χ4v) is 5.69. The molecule has 3 rings (SSSR count). The van der Waals surface area contributed by atoms with E-state index in [1.54, 1.807) is 0 Å². The highest BCUT2D eigenvalue weighted by Crippen LogP contribution is 2.29. The van der Waals surface area contributed by atoms with E-state index in [2.05, 4.69) is 86.6 Å². The van der Waals surface area contributed by atoms with Crippen molar-refractivity contribution >= 4 is 23.5 Å². The SMILES string of the molecule is CCCCCCCCCSc1ccc(-c2ccc(SCc3ccc(OCCCC)cc3)cc2)cc1. The molecule has 0 bridgehead atoms. The molecule has 0 amide bonds. The quantitative estimate of drug-likeness (QED) is 0.133. The summed E-state index contributed by atoms with van der Waals surface area (Å²) < 4.78 is 5.76. The van der Waals surface area contributed by atoms with Crippen LogP contribution in [0.4, 0.5) is 0 Å². The van der Waals surface area contributed by atoms with Crippen LogP contribution in [0.3, 0.4) is 0 Å². The normalized spacial score (nSPS) is 11.0. The molecule has 0 aliphatic rings. The molecular formula is C32H42OS2. The molecular weight excluding hydrogens is 464 g/mol. The van der Waals surface area contributed by atoms with Crippen LogP contribution in [0.15, 0.2) is 82.6 Å². The molecule has 0 fully saturated rings. The largest absolute Gasteiger partial charge is 0.494 e. The van der Waals surface area contributed by atoms with E-state index in [9.17, 15) is 0 Å². The standard InChI is InChI=1S/C32H42OS2/c1-3-5-7-8-9-10-11-25-34-31-20-14-28(15-21-31)29-16-22-32(23-17-29)35-26-27-12-18-30(19-13-27)33-24-6-4-2/h12-23H,3-11,24-26H2,1-2H3. The van der Waals surface area contributed by atoms with Crippen molar-refractivity contribution in [2.45, 2.75) is 87.2 Å². The fraction of sp³-hybridized carbons (Fsp3) is 0.438. The van der Waals surface area contributed by atoms with Crippen molar-refractivity contribution in [2.24, 2.45) is 0 Å². The maximum absolute atomic E-state index is 5.76. The van der Waals surface area contributed by atoms with Crippen molar-refractivity contribution in [1.82, 2.24) is 0 Å². The number of unbranched alkanes of at least 4 members (excludes halogenated alkanes) is 7. The Bertz CT molecular complexity index is 933. The average molecular weight is 507 g/mol. The second-order valence-electron chi connectivity index (χ2n) is 9.15. The minimum atomic E-state index is 0.803. The summed E-state index contributed by atoms with van der Waals surface area (Å²) >= 11 is 3.88. The van der Waals surface area contributed by atoms with E-state index in [-0.39, 0.29) is 0 Å². The Morgan fingerprint density at radius 2 is 1.09 bits per heavy atom. The Balaban J connectivity index is 1.38. The molecule has 1 nitrogen and oxygen atoms in total. The van der Waals surface area contributed by atoms with Crippen molar-refractivity contribution in [3.05, 3.63) is 78.4 Å². The first-order valence-electron chi connectivity index (χ1n) is 13.5. The van der Waals surface area contributed by atoms with Gasteiger partial charge in [-0.15, -0.1) is 23.5 Å². The molecule has 35 heavy (non-hydrogen) atoms. The molecule has 0 spiro atoms. The monoisotopic (exact) mass is 506 g/mol. The second-order valence-corrected chi connectivity index (χ2v) is 11.4. The Morgan fingerprint density at radius 1 is 0.543 bits per heavy atom. The highest BCUT2D eigenvalue weighted by atomic mass is 32.2. The number of thioether (sulfide) groups is 2. The summed E-state index contributed by atoms with van der Waals surface area (Å²) in [5, 5.41) is 0. The van der Waals surface area contributed by atoms with Crippen LogP contribution >= 0.6 is 23.5 Å². The zero-order chi connectivity index (χ0) is 24.6. The van der Waals surface area contributed by atoms with E-state index in [1.807, 2.05) is 23.5 Å². The van der Waals surface area contributed by atoms with E-state index in [1.165, 1.54) is 77.2 Å². The molecule has 0 saturated carbocycles. The molecule has 3 heteroatoms. The third-order valence-electron chi connectivity index (χ3n) is 6.15. The van der Waals surface area contributed by atoms with Crippen LogP contribution in [0.1, 0.15) is 77.2 Å². The molecule has 3 aromatic carbocycles. The Hall–Kier alpha value is -1.84. The molecule has 0 saturated heterocycles. The predicted molar refractivity (Wildman–Crippen MR) is 157 cm³/mol. The predicted octanol–water partition coefficient (Wildman–Crippen LogP) is 10.7. The van der Waals surface area contributed by atoms with Gasteiger partial charge >= 0.3 is 0 Å². The average Bonchev–Trinajstić information content (AvgIpc) is 2.90. The molecule has 0 atom stereocenters. The molecule has 0 aliphatic heterocycles. The molecule has 0 N–H and O–H groups in total.